The lowest BCUT2D eigenvalue weighted by Crippen LogP contribution is -2.36. The average Bonchev–Trinajstić information content (AvgIpc) is 2.59. The molecule has 3 nitrogen and oxygen atoms in total. The van der Waals surface area contributed by atoms with E-state index in [0.717, 1.165) is 13.2 Å². The highest BCUT2D eigenvalue weighted by Crippen LogP contribution is 2.23. The van der Waals surface area contributed by atoms with Gasteiger partial charge in [-0.3, -0.25) is 5.32 Å². The third-order valence-electron chi connectivity index (χ3n) is 1.74. The summed E-state index contributed by atoms with van der Waals surface area (Å²) in [6.07, 6.45) is 1.50. The number of nitrogens with zero attached hydrogens (tertiary/aromatic N) is 1. The molecule has 0 saturated carbocycles. The summed E-state index contributed by atoms with van der Waals surface area (Å²) in [6, 6.07) is 0. The van der Waals surface area contributed by atoms with Crippen LogP contribution in [0.1, 0.15) is 6.42 Å². The molecule has 2 aliphatic heterocycles. The molecule has 2 aliphatic rings. The van der Waals surface area contributed by atoms with Crippen LogP contribution in [0.2, 0.25) is 0 Å². The maximum atomic E-state index is 5.43. The maximum Gasteiger partial charge on any atom is 0.175 e. The zero-order valence-corrected chi connectivity index (χ0v) is 6.69. The van der Waals surface area contributed by atoms with E-state index in [0.29, 0.717) is 0 Å². The third-order valence-corrected chi connectivity index (χ3v) is 2.92. The Kier molecular flexibility index (Phi) is 2.13. The Balaban J connectivity index is 1.85. The minimum atomic E-state index is 0.201. The first kappa shape index (κ1) is 6.91. The van der Waals surface area contributed by atoms with Crippen molar-refractivity contribution in [1.29, 1.82) is 0 Å². The Morgan fingerprint density at radius 3 is 3.20 bits per heavy atom. The fourth-order valence-electron chi connectivity index (χ4n) is 1.25. The molecule has 58 valence electrons. The van der Waals surface area contributed by atoms with Crippen molar-refractivity contribution in [2.75, 3.05) is 25.4 Å². The van der Waals surface area contributed by atoms with Crippen LogP contribution >= 0.6 is 11.9 Å². The summed E-state index contributed by atoms with van der Waals surface area (Å²) in [5, 5.41) is 3.28. The molecule has 1 N–H and O–H groups in total. The van der Waals surface area contributed by atoms with E-state index in [2.05, 4.69) is 9.62 Å². The van der Waals surface area contributed by atoms with Crippen LogP contribution in [0.15, 0.2) is 0 Å². The molecule has 1 atom stereocenters. The molecule has 1 unspecified atom stereocenters. The molecule has 2 heterocycles. The summed E-state index contributed by atoms with van der Waals surface area (Å²) >= 11 is 1.89. The number of nitrogens with one attached hydrogen (secondary N) is 1. The first-order valence-electron chi connectivity index (χ1n) is 3.71. The van der Waals surface area contributed by atoms with Crippen molar-refractivity contribution in [3.63, 3.8) is 0 Å². The monoisotopic (exact) mass is 160 g/mol. The lowest BCUT2D eigenvalue weighted by atomic mass is 10.5. The molecule has 0 aromatic carbocycles. The van der Waals surface area contributed by atoms with Crippen LogP contribution in [0.4, 0.5) is 0 Å². The van der Waals surface area contributed by atoms with E-state index >= 15 is 0 Å². The summed E-state index contributed by atoms with van der Waals surface area (Å²) in [4.78, 5) is 0. The highest BCUT2D eigenvalue weighted by atomic mass is 32.2. The minimum Gasteiger partial charge on any atom is -0.348 e. The molecule has 2 fully saturated rings. The molecule has 0 spiro atoms. The number of rotatable bonds is 1. The van der Waals surface area contributed by atoms with Crippen molar-refractivity contribution >= 4 is 11.9 Å². The Morgan fingerprint density at radius 1 is 1.60 bits per heavy atom. The van der Waals surface area contributed by atoms with E-state index < -0.39 is 0 Å². The van der Waals surface area contributed by atoms with Gasteiger partial charge in [0.1, 0.15) is 0 Å². The summed E-state index contributed by atoms with van der Waals surface area (Å²) in [5.41, 5.74) is 0. The van der Waals surface area contributed by atoms with Crippen LogP contribution in [0.3, 0.4) is 0 Å². The predicted octanol–water partition coefficient (Wildman–Crippen LogP) is 0.244. The summed E-state index contributed by atoms with van der Waals surface area (Å²) in [6.45, 7) is 3.03. The van der Waals surface area contributed by atoms with Crippen LogP contribution in [0, 0.1) is 0 Å². The molecule has 2 rings (SSSR count). The van der Waals surface area contributed by atoms with Gasteiger partial charge in [0.05, 0.1) is 6.61 Å². The van der Waals surface area contributed by atoms with Gasteiger partial charge in [-0.15, -0.1) is 0 Å². The van der Waals surface area contributed by atoms with Crippen LogP contribution in [0.5, 0.6) is 0 Å². The molecule has 4 heteroatoms. The normalized spacial score (nSPS) is 35.4. The van der Waals surface area contributed by atoms with Crippen LogP contribution in [-0.2, 0) is 4.74 Å². The zero-order valence-electron chi connectivity index (χ0n) is 5.88. The standard InChI is InChI=1S/C6H12N2OS/c1-3-8(10-5-1)6-7-2-4-9-6/h6-7H,1-5H2. The van der Waals surface area contributed by atoms with Crippen molar-refractivity contribution in [1.82, 2.24) is 9.62 Å². The van der Waals surface area contributed by atoms with Crippen LogP contribution in [0.25, 0.3) is 0 Å². The highest BCUT2D eigenvalue weighted by molar-refractivity contribution is 7.97. The molecule has 0 amide bonds. The SMILES string of the molecule is C1CSN(C2NCCO2)C1. The Labute approximate surface area is 65.2 Å². The minimum absolute atomic E-state index is 0.201. The van der Waals surface area contributed by atoms with Gasteiger partial charge in [-0.1, -0.05) is 11.9 Å². The highest BCUT2D eigenvalue weighted by Gasteiger charge is 2.25. The first-order chi connectivity index (χ1) is 4.97. The van der Waals surface area contributed by atoms with E-state index in [9.17, 15) is 0 Å². The van der Waals surface area contributed by atoms with Gasteiger partial charge in [-0.05, 0) is 6.42 Å². The van der Waals surface area contributed by atoms with E-state index in [4.69, 9.17) is 4.74 Å². The van der Waals surface area contributed by atoms with Gasteiger partial charge < -0.3 is 4.74 Å². The molecule has 2 saturated heterocycles. The van der Waals surface area contributed by atoms with Gasteiger partial charge in [-0.2, -0.15) is 0 Å². The number of ether oxygens (including phenoxy) is 1. The fraction of sp³-hybridized carbons (Fsp3) is 1.00. The molecular weight excluding hydrogens is 148 g/mol. The lowest BCUT2D eigenvalue weighted by Gasteiger charge is -2.20. The molecule has 10 heavy (non-hydrogen) atoms. The average molecular weight is 160 g/mol. The molecular formula is C6H12N2OS. The molecule has 0 bridgehead atoms. The number of hydrogen-bond donors (Lipinski definition) is 1. The van der Waals surface area contributed by atoms with Gasteiger partial charge in [0.2, 0.25) is 0 Å². The smallest absolute Gasteiger partial charge is 0.175 e. The molecule has 0 aromatic rings. The number of hydrogen-bond acceptors (Lipinski definition) is 4. The van der Waals surface area contributed by atoms with Gasteiger partial charge >= 0.3 is 0 Å². The zero-order chi connectivity index (χ0) is 6.81. The summed E-state index contributed by atoms with van der Waals surface area (Å²) in [5.74, 6) is 1.25. The topological polar surface area (TPSA) is 24.5 Å². The molecule has 0 radical (unpaired) electrons. The van der Waals surface area contributed by atoms with Gasteiger partial charge in [0, 0.05) is 18.8 Å². The second kappa shape index (κ2) is 3.09. The van der Waals surface area contributed by atoms with E-state index in [1.807, 2.05) is 11.9 Å². The second-order valence-corrected chi connectivity index (χ2v) is 3.64. The van der Waals surface area contributed by atoms with Gasteiger partial charge in [-0.25, -0.2) is 4.31 Å². The van der Waals surface area contributed by atoms with Crippen molar-refractivity contribution in [3.8, 4) is 0 Å². The van der Waals surface area contributed by atoms with Crippen LogP contribution in [-0.4, -0.2) is 36.1 Å². The maximum absolute atomic E-state index is 5.43. The quantitative estimate of drug-likeness (QED) is 0.555. The Hall–Kier alpha value is 0.230. The van der Waals surface area contributed by atoms with Gasteiger partial charge in [0.25, 0.3) is 0 Å². The molecule has 0 aliphatic carbocycles. The fourth-order valence-corrected chi connectivity index (χ4v) is 2.27. The van der Waals surface area contributed by atoms with Crippen molar-refractivity contribution in [3.05, 3.63) is 0 Å². The predicted molar refractivity (Wildman–Crippen MR) is 41.5 cm³/mol. The Bertz CT molecular complexity index is 96.3. The first-order valence-corrected chi connectivity index (χ1v) is 4.65. The van der Waals surface area contributed by atoms with Crippen molar-refractivity contribution in [2.24, 2.45) is 0 Å². The van der Waals surface area contributed by atoms with Crippen molar-refractivity contribution < 1.29 is 4.74 Å². The van der Waals surface area contributed by atoms with Crippen LogP contribution < -0.4 is 5.32 Å². The Morgan fingerprint density at radius 2 is 2.60 bits per heavy atom. The van der Waals surface area contributed by atoms with E-state index in [1.54, 1.807) is 0 Å². The van der Waals surface area contributed by atoms with E-state index in [-0.39, 0.29) is 6.35 Å². The summed E-state index contributed by atoms with van der Waals surface area (Å²) < 4.78 is 7.72. The van der Waals surface area contributed by atoms with E-state index in [1.165, 1.54) is 18.7 Å². The largest absolute Gasteiger partial charge is 0.348 e. The third kappa shape index (κ3) is 1.29. The summed E-state index contributed by atoms with van der Waals surface area (Å²) in [7, 11) is 0. The second-order valence-electron chi connectivity index (χ2n) is 2.50. The molecule has 0 aromatic heterocycles. The van der Waals surface area contributed by atoms with Crippen molar-refractivity contribution in [2.45, 2.75) is 12.8 Å². The van der Waals surface area contributed by atoms with Gasteiger partial charge in [0.15, 0.2) is 6.35 Å². The lowest BCUT2D eigenvalue weighted by molar-refractivity contribution is 0.0252.